The summed E-state index contributed by atoms with van der Waals surface area (Å²) in [4.78, 5) is 0. The summed E-state index contributed by atoms with van der Waals surface area (Å²) in [6.45, 7) is 0.819. The maximum absolute atomic E-state index is 5.66. The van der Waals surface area contributed by atoms with Gasteiger partial charge in [0.15, 0.2) is 0 Å². The fourth-order valence-electron chi connectivity index (χ4n) is 1.18. The number of aromatic amines is 1. The van der Waals surface area contributed by atoms with E-state index in [0.717, 1.165) is 18.7 Å². The van der Waals surface area contributed by atoms with Crippen molar-refractivity contribution in [3.8, 4) is 0 Å². The minimum atomic E-state index is 0.715. The summed E-state index contributed by atoms with van der Waals surface area (Å²) in [5.74, 6) is 0. The van der Waals surface area contributed by atoms with Gasteiger partial charge in [0.25, 0.3) is 0 Å². The van der Waals surface area contributed by atoms with Crippen molar-refractivity contribution >= 4 is 5.69 Å². The Hall–Kier alpha value is -1.78. The van der Waals surface area contributed by atoms with E-state index in [1.807, 2.05) is 16.9 Å². The number of anilines is 1. The van der Waals surface area contributed by atoms with Crippen molar-refractivity contribution in [1.29, 1.82) is 0 Å². The van der Waals surface area contributed by atoms with Crippen molar-refractivity contribution in [1.82, 2.24) is 20.0 Å². The van der Waals surface area contributed by atoms with E-state index in [-0.39, 0.29) is 0 Å². The molecule has 3 N–H and O–H groups in total. The zero-order valence-corrected chi connectivity index (χ0v) is 7.14. The lowest BCUT2D eigenvalue weighted by molar-refractivity contribution is 0.608. The molecule has 0 atom stereocenters. The Balaban J connectivity index is 1.97. The molecule has 13 heavy (non-hydrogen) atoms. The van der Waals surface area contributed by atoms with Crippen LogP contribution in [0.4, 0.5) is 5.69 Å². The molecular weight excluding hydrogens is 166 g/mol. The van der Waals surface area contributed by atoms with Crippen LogP contribution in [0.2, 0.25) is 0 Å². The van der Waals surface area contributed by atoms with E-state index in [1.54, 1.807) is 12.4 Å². The average Bonchev–Trinajstić information content (AvgIpc) is 2.72. The Morgan fingerprint density at radius 2 is 2.46 bits per heavy atom. The first-order valence-corrected chi connectivity index (χ1v) is 4.11. The zero-order valence-electron chi connectivity index (χ0n) is 7.14. The van der Waals surface area contributed by atoms with E-state index in [2.05, 4.69) is 15.3 Å². The number of nitrogens with two attached hydrogens (primary N) is 1. The van der Waals surface area contributed by atoms with Gasteiger partial charge in [0, 0.05) is 25.4 Å². The van der Waals surface area contributed by atoms with Crippen LogP contribution in [0.1, 0.15) is 5.69 Å². The smallest absolute Gasteiger partial charge is 0.0731 e. The average molecular weight is 177 g/mol. The molecule has 68 valence electrons. The van der Waals surface area contributed by atoms with Crippen LogP contribution in [-0.2, 0) is 13.0 Å². The lowest BCUT2D eigenvalue weighted by Crippen LogP contribution is -2.03. The lowest BCUT2D eigenvalue weighted by Gasteiger charge is -1.99. The summed E-state index contributed by atoms with van der Waals surface area (Å²) < 4.78 is 1.86. The predicted octanol–water partition coefficient (Wildman–Crippen LogP) is 0.431. The Bertz CT molecular complexity index is 362. The van der Waals surface area contributed by atoms with Gasteiger partial charge in [-0.15, -0.1) is 0 Å². The first-order valence-electron chi connectivity index (χ1n) is 4.11. The molecule has 0 aliphatic heterocycles. The number of nitrogens with zero attached hydrogens (tertiary/aromatic N) is 3. The molecule has 2 aromatic heterocycles. The van der Waals surface area contributed by atoms with Gasteiger partial charge in [-0.2, -0.15) is 10.2 Å². The van der Waals surface area contributed by atoms with E-state index in [1.165, 1.54) is 0 Å². The largest absolute Gasteiger partial charge is 0.396 e. The monoisotopic (exact) mass is 177 g/mol. The van der Waals surface area contributed by atoms with Crippen molar-refractivity contribution in [2.75, 3.05) is 5.73 Å². The summed E-state index contributed by atoms with van der Waals surface area (Å²) in [5.41, 5.74) is 7.34. The number of aromatic nitrogens is 4. The molecule has 2 aromatic rings. The van der Waals surface area contributed by atoms with Crippen LogP contribution in [-0.4, -0.2) is 20.0 Å². The normalized spacial score (nSPS) is 10.5. The molecule has 0 radical (unpaired) electrons. The molecule has 0 spiro atoms. The van der Waals surface area contributed by atoms with Crippen molar-refractivity contribution in [3.05, 3.63) is 30.4 Å². The van der Waals surface area contributed by atoms with Crippen LogP contribution in [0.3, 0.4) is 0 Å². The Labute approximate surface area is 75.6 Å². The van der Waals surface area contributed by atoms with Crippen LogP contribution in [0.15, 0.2) is 24.7 Å². The highest BCUT2D eigenvalue weighted by Gasteiger charge is 2.00. The third-order valence-corrected chi connectivity index (χ3v) is 1.90. The maximum Gasteiger partial charge on any atom is 0.0731 e. The molecule has 2 heterocycles. The lowest BCUT2D eigenvalue weighted by atomic mass is 10.3. The number of rotatable bonds is 3. The van der Waals surface area contributed by atoms with Crippen molar-refractivity contribution in [2.24, 2.45) is 0 Å². The Kier molecular flexibility index (Phi) is 1.99. The summed E-state index contributed by atoms with van der Waals surface area (Å²) >= 11 is 0. The number of hydrogen-bond donors (Lipinski definition) is 2. The summed E-state index contributed by atoms with van der Waals surface area (Å²) in [6.07, 6.45) is 6.13. The maximum atomic E-state index is 5.66. The Morgan fingerprint density at radius 3 is 3.08 bits per heavy atom. The van der Waals surface area contributed by atoms with Gasteiger partial charge >= 0.3 is 0 Å². The molecule has 2 rings (SSSR count). The molecule has 0 aliphatic carbocycles. The van der Waals surface area contributed by atoms with Gasteiger partial charge < -0.3 is 5.73 Å². The number of aryl methyl sites for hydroxylation is 2. The molecule has 5 heteroatoms. The molecule has 0 saturated heterocycles. The summed E-state index contributed by atoms with van der Waals surface area (Å²) in [5, 5.41) is 10.8. The minimum absolute atomic E-state index is 0.715. The summed E-state index contributed by atoms with van der Waals surface area (Å²) in [7, 11) is 0. The molecule has 0 aromatic carbocycles. The highest BCUT2D eigenvalue weighted by Crippen LogP contribution is 2.07. The first-order chi connectivity index (χ1) is 6.36. The highest BCUT2D eigenvalue weighted by molar-refractivity contribution is 5.39. The number of nitrogens with one attached hydrogen (secondary N) is 1. The molecular formula is C8H11N5. The van der Waals surface area contributed by atoms with Crippen LogP contribution in [0.25, 0.3) is 0 Å². The zero-order chi connectivity index (χ0) is 9.10. The molecule has 0 unspecified atom stereocenters. The van der Waals surface area contributed by atoms with Crippen LogP contribution in [0.5, 0.6) is 0 Å². The summed E-state index contributed by atoms with van der Waals surface area (Å²) in [6, 6.07) is 1.90. The molecule has 0 bridgehead atoms. The molecule has 0 aliphatic rings. The third kappa shape index (κ3) is 1.69. The molecule has 0 fully saturated rings. The van der Waals surface area contributed by atoms with E-state index in [0.29, 0.717) is 5.69 Å². The van der Waals surface area contributed by atoms with E-state index >= 15 is 0 Å². The number of nitrogen functional groups attached to an aromatic ring is 1. The van der Waals surface area contributed by atoms with Gasteiger partial charge in [0.1, 0.15) is 0 Å². The van der Waals surface area contributed by atoms with E-state index < -0.39 is 0 Å². The Morgan fingerprint density at radius 1 is 1.54 bits per heavy atom. The van der Waals surface area contributed by atoms with Crippen molar-refractivity contribution in [3.63, 3.8) is 0 Å². The first kappa shape index (κ1) is 7.85. The number of hydrogen-bond acceptors (Lipinski definition) is 3. The van der Waals surface area contributed by atoms with E-state index in [9.17, 15) is 0 Å². The van der Waals surface area contributed by atoms with Crippen molar-refractivity contribution in [2.45, 2.75) is 13.0 Å². The van der Waals surface area contributed by atoms with Gasteiger partial charge in [-0.25, -0.2) is 0 Å². The molecule has 0 amide bonds. The van der Waals surface area contributed by atoms with Gasteiger partial charge in [-0.3, -0.25) is 9.78 Å². The predicted molar refractivity (Wildman–Crippen MR) is 48.9 cm³/mol. The molecule has 0 saturated carbocycles. The highest BCUT2D eigenvalue weighted by atomic mass is 15.3. The van der Waals surface area contributed by atoms with Crippen LogP contribution < -0.4 is 5.73 Å². The van der Waals surface area contributed by atoms with Crippen molar-refractivity contribution < 1.29 is 0 Å². The third-order valence-electron chi connectivity index (χ3n) is 1.90. The second kappa shape index (κ2) is 3.30. The fraction of sp³-hybridized carbons (Fsp3) is 0.250. The topological polar surface area (TPSA) is 72.5 Å². The second-order valence-corrected chi connectivity index (χ2v) is 2.82. The van der Waals surface area contributed by atoms with E-state index in [4.69, 9.17) is 5.73 Å². The van der Waals surface area contributed by atoms with Gasteiger partial charge in [0.2, 0.25) is 0 Å². The van der Waals surface area contributed by atoms with Gasteiger partial charge in [0.05, 0.1) is 17.6 Å². The van der Waals surface area contributed by atoms with Crippen LogP contribution in [0, 0.1) is 0 Å². The van der Waals surface area contributed by atoms with Gasteiger partial charge in [-0.1, -0.05) is 0 Å². The number of H-pyrrole nitrogens is 1. The fourth-order valence-corrected chi connectivity index (χ4v) is 1.18. The van der Waals surface area contributed by atoms with Crippen LogP contribution >= 0.6 is 0 Å². The quantitative estimate of drug-likeness (QED) is 0.714. The van der Waals surface area contributed by atoms with Gasteiger partial charge in [-0.05, 0) is 6.07 Å². The minimum Gasteiger partial charge on any atom is -0.396 e. The SMILES string of the molecule is Nc1cn[nH]c1CCn1cccn1. The second-order valence-electron chi connectivity index (χ2n) is 2.82. The standard InChI is InChI=1S/C8H11N5/c9-7-6-10-12-8(7)2-5-13-4-1-3-11-13/h1,3-4,6H,2,5,9H2,(H,10,12). The molecule has 5 nitrogen and oxygen atoms in total.